The Morgan fingerprint density at radius 1 is 1.18 bits per heavy atom. The molecule has 0 saturated carbocycles. The quantitative estimate of drug-likeness (QED) is 0.799. The van der Waals surface area contributed by atoms with Crippen LogP contribution in [0.25, 0.3) is 11.3 Å². The lowest BCUT2D eigenvalue weighted by Gasteiger charge is -2.07. The van der Waals surface area contributed by atoms with E-state index in [1.54, 1.807) is 24.7 Å². The molecule has 0 aliphatic heterocycles. The number of aromatic nitrogens is 1. The second-order valence-electron chi connectivity index (χ2n) is 5.11. The molecule has 0 fully saturated rings. The molecule has 0 spiro atoms. The minimum atomic E-state index is -0.0906. The molecule has 2 heterocycles. The summed E-state index contributed by atoms with van der Waals surface area (Å²) in [4.78, 5) is 16.3. The van der Waals surface area contributed by atoms with Gasteiger partial charge in [0.25, 0.3) is 5.91 Å². The zero-order valence-electron chi connectivity index (χ0n) is 12.2. The molecule has 0 saturated heterocycles. The Kier molecular flexibility index (Phi) is 4.01. The number of carbonyl (C=O) groups excluding carboxylic acids is 1. The van der Waals surface area contributed by atoms with Gasteiger partial charge in [-0.2, -0.15) is 0 Å². The SMILES string of the molecule is Cc1cccc(C(=O)NCc2cncc(-c3ccco3)c2)c1. The maximum absolute atomic E-state index is 12.1. The van der Waals surface area contributed by atoms with Gasteiger partial charge in [-0.05, 0) is 42.8 Å². The molecule has 4 nitrogen and oxygen atoms in total. The number of nitrogens with one attached hydrogen (secondary N) is 1. The van der Waals surface area contributed by atoms with Crippen LogP contribution in [0.5, 0.6) is 0 Å². The average molecular weight is 292 g/mol. The molecule has 1 aromatic carbocycles. The van der Waals surface area contributed by atoms with Crippen molar-refractivity contribution < 1.29 is 9.21 Å². The molecule has 1 N–H and O–H groups in total. The molecule has 0 aliphatic rings. The maximum Gasteiger partial charge on any atom is 0.251 e. The number of amides is 1. The molecule has 0 aliphatic carbocycles. The minimum absolute atomic E-state index is 0.0906. The summed E-state index contributed by atoms with van der Waals surface area (Å²) in [6.07, 6.45) is 5.11. The predicted molar refractivity (Wildman–Crippen MR) is 84.3 cm³/mol. The van der Waals surface area contributed by atoms with Crippen molar-refractivity contribution in [1.29, 1.82) is 0 Å². The molecule has 0 radical (unpaired) electrons. The first kappa shape index (κ1) is 14.1. The fraction of sp³-hybridized carbons (Fsp3) is 0.111. The van der Waals surface area contributed by atoms with Crippen LogP contribution >= 0.6 is 0 Å². The molecule has 0 bridgehead atoms. The van der Waals surface area contributed by atoms with Gasteiger partial charge in [-0.25, -0.2) is 0 Å². The minimum Gasteiger partial charge on any atom is -0.464 e. The third-order valence-corrected chi connectivity index (χ3v) is 3.33. The third kappa shape index (κ3) is 3.23. The average Bonchev–Trinajstić information content (AvgIpc) is 3.07. The lowest BCUT2D eigenvalue weighted by atomic mass is 10.1. The van der Waals surface area contributed by atoms with Crippen molar-refractivity contribution in [2.75, 3.05) is 0 Å². The lowest BCUT2D eigenvalue weighted by Crippen LogP contribution is -2.22. The topological polar surface area (TPSA) is 55.1 Å². The zero-order chi connectivity index (χ0) is 15.4. The Balaban J connectivity index is 1.69. The largest absolute Gasteiger partial charge is 0.464 e. The van der Waals surface area contributed by atoms with Gasteiger partial charge < -0.3 is 9.73 Å². The van der Waals surface area contributed by atoms with Crippen LogP contribution in [0, 0.1) is 6.92 Å². The van der Waals surface area contributed by atoms with Gasteiger partial charge in [0.2, 0.25) is 0 Å². The van der Waals surface area contributed by atoms with E-state index in [-0.39, 0.29) is 5.91 Å². The van der Waals surface area contributed by atoms with Crippen molar-refractivity contribution in [1.82, 2.24) is 10.3 Å². The molecule has 110 valence electrons. The highest BCUT2D eigenvalue weighted by Gasteiger charge is 2.07. The van der Waals surface area contributed by atoms with Gasteiger partial charge in [-0.1, -0.05) is 17.7 Å². The summed E-state index contributed by atoms with van der Waals surface area (Å²) in [5.74, 6) is 0.673. The summed E-state index contributed by atoms with van der Waals surface area (Å²) in [7, 11) is 0. The van der Waals surface area contributed by atoms with Crippen LogP contribution in [0.1, 0.15) is 21.5 Å². The highest BCUT2D eigenvalue weighted by molar-refractivity contribution is 5.94. The first-order valence-electron chi connectivity index (χ1n) is 7.05. The van der Waals surface area contributed by atoms with E-state index in [4.69, 9.17) is 4.42 Å². The van der Waals surface area contributed by atoms with Crippen LogP contribution in [0.3, 0.4) is 0 Å². The number of pyridine rings is 1. The lowest BCUT2D eigenvalue weighted by molar-refractivity contribution is 0.0951. The smallest absolute Gasteiger partial charge is 0.251 e. The molecular weight excluding hydrogens is 276 g/mol. The number of aryl methyl sites for hydroxylation is 1. The molecule has 0 atom stereocenters. The van der Waals surface area contributed by atoms with Crippen molar-refractivity contribution in [2.24, 2.45) is 0 Å². The van der Waals surface area contributed by atoms with Crippen LogP contribution in [0.2, 0.25) is 0 Å². The molecule has 4 heteroatoms. The van der Waals surface area contributed by atoms with Gasteiger partial charge >= 0.3 is 0 Å². The molecule has 2 aromatic heterocycles. The van der Waals surface area contributed by atoms with E-state index in [0.717, 1.165) is 22.5 Å². The Morgan fingerprint density at radius 3 is 2.86 bits per heavy atom. The van der Waals surface area contributed by atoms with E-state index in [1.165, 1.54) is 0 Å². The van der Waals surface area contributed by atoms with Crippen LogP contribution in [0.4, 0.5) is 0 Å². The number of nitrogens with zero attached hydrogens (tertiary/aromatic N) is 1. The van der Waals surface area contributed by atoms with Crippen molar-refractivity contribution in [3.8, 4) is 11.3 Å². The first-order chi connectivity index (χ1) is 10.7. The fourth-order valence-electron chi connectivity index (χ4n) is 2.23. The van der Waals surface area contributed by atoms with Crippen molar-refractivity contribution in [3.63, 3.8) is 0 Å². The molecule has 3 aromatic rings. The number of rotatable bonds is 4. The summed E-state index contributed by atoms with van der Waals surface area (Å²) in [5, 5.41) is 2.91. The number of carbonyl (C=O) groups is 1. The van der Waals surface area contributed by atoms with E-state index in [2.05, 4.69) is 10.3 Å². The Morgan fingerprint density at radius 2 is 2.09 bits per heavy atom. The van der Waals surface area contributed by atoms with Gasteiger partial charge in [-0.3, -0.25) is 9.78 Å². The monoisotopic (exact) mass is 292 g/mol. The van der Waals surface area contributed by atoms with Crippen molar-refractivity contribution in [3.05, 3.63) is 77.8 Å². The number of hydrogen-bond donors (Lipinski definition) is 1. The summed E-state index contributed by atoms with van der Waals surface area (Å²) in [5.41, 5.74) is 3.55. The normalized spacial score (nSPS) is 10.4. The Labute approximate surface area is 128 Å². The molecular formula is C18H16N2O2. The van der Waals surface area contributed by atoms with Crippen LogP contribution in [-0.4, -0.2) is 10.9 Å². The molecule has 22 heavy (non-hydrogen) atoms. The van der Waals surface area contributed by atoms with E-state index in [0.29, 0.717) is 12.1 Å². The number of benzene rings is 1. The fourth-order valence-corrected chi connectivity index (χ4v) is 2.23. The van der Waals surface area contributed by atoms with E-state index in [1.807, 2.05) is 43.3 Å². The van der Waals surface area contributed by atoms with E-state index < -0.39 is 0 Å². The Hall–Kier alpha value is -2.88. The summed E-state index contributed by atoms with van der Waals surface area (Å²) in [6, 6.07) is 13.2. The summed E-state index contributed by atoms with van der Waals surface area (Å²) >= 11 is 0. The van der Waals surface area contributed by atoms with Crippen molar-refractivity contribution in [2.45, 2.75) is 13.5 Å². The summed E-state index contributed by atoms with van der Waals surface area (Å²) < 4.78 is 5.36. The first-order valence-corrected chi connectivity index (χ1v) is 7.05. The van der Waals surface area contributed by atoms with Gasteiger partial charge in [0.05, 0.1) is 6.26 Å². The second kappa shape index (κ2) is 6.26. The van der Waals surface area contributed by atoms with Gasteiger partial charge in [0.15, 0.2) is 0 Å². The Bertz CT molecular complexity index is 779. The van der Waals surface area contributed by atoms with Gasteiger partial charge in [0, 0.05) is 30.1 Å². The van der Waals surface area contributed by atoms with Gasteiger partial charge in [0.1, 0.15) is 5.76 Å². The van der Waals surface area contributed by atoms with Crippen LogP contribution in [0.15, 0.2) is 65.5 Å². The number of hydrogen-bond acceptors (Lipinski definition) is 3. The molecule has 3 rings (SSSR count). The summed E-state index contributed by atoms with van der Waals surface area (Å²) in [6.45, 7) is 2.39. The predicted octanol–water partition coefficient (Wildman–Crippen LogP) is 3.58. The molecule has 1 amide bonds. The zero-order valence-corrected chi connectivity index (χ0v) is 12.2. The highest BCUT2D eigenvalue weighted by atomic mass is 16.3. The van der Waals surface area contributed by atoms with E-state index >= 15 is 0 Å². The van der Waals surface area contributed by atoms with Crippen molar-refractivity contribution >= 4 is 5.91 Å². The molecule has 0 unspecified atom stereocenters. The van der Waals surface area contributed by atoms with E-state index in [9.17, 15) is 4.79 Å². The standard InChI is InChI=1S/C18H16N2O2/c1-13-4-2-5-15(8-13)18(21)20-11-14-9-16(12-19-10-14)17-6-3-7-22-17/h2-10,12H,11H2,1H3,(H,20,21). The number of furan rings is 1. The maximum atomic E-state index is 12.1. The van der Waals surface area contributed by atoms with Crippen LogP contribution in [-0.2, 0) is 6.54 Å². The third-order valence-electron chi connectivity index (χ3n) is 3.33. The second-order valence-corrected chi connectivity index (χ2v) is 5.11. The van der Waals surface area contributed by atoms with Gasteiger partial charge in [-0.15, -0.1) is 0 Å². The highest BCUT2D eigenvalue weighted by Crippen LogP contribution is 2.19. The van der Waals surface area contributed by atoms with Crippen LogP contribution < -0.4 is 5.32 Å².